The minimum atomic E-state index is -0.431. The number of nitrogens with two attached hydrogens (primary N) is 1. The van der Waals surface area contributed by atoms with Crippen molar-refractivity contribution in [3.05, 3.63) is 29.0 Å². The van der Waals surface area contributed by atoms with E-state index in [4.69, 9.17) is 17.3 Å². The molecule has 0 aromatic carbocycles. The molecule has 0 saturated carbocycles. The van der Waals surface area contributed by atoms with Crippen LogP contribution in [0.5, 0.6) is 0 Å². The zero-order valence-corrected chi connectivity index (χ0v) is 7.26. The van der Waals surface area contributed by atoms with Gasteiger partial charge in [0.25, 0.3) is 0 Å². The van der Waals surface area contributed by atoms with Gasteiger partial charge in [0.05, 0.1) is 11.7 Å². The summed E-state index contributed by atoms with van der Waals surface area (Å²) in [6.07, 6.45) is 3.40. The first-order valence-electron chi connectivity index (χ1n) is 3.66. The molecular formula is C8H10ClFN2. The summed E-state index contributed by atoms with van der Waals surface area (Å²) in [6, 6.07) is 1.38. The molecule has 0 unspecified atom stereocenters. The van der Waals surface area contributed by atoms with E-state index in [9.17, 15) is 4.39 Å². The van der Waals surface area contributed by atoms with Crippen LogP contribution >= 0.6 is 11.6 Å². The van der Waals surface area contributed by atoms with Crippen LogP contribution in [0.4, 0.5) is 4.39 Å². The fourth-order valence-electron chi connectivity index (χ4n) is 0.960. The monoisotopic (exact) mass is 188 g/mol. The van der Waals surface area contributed by atoms with E-state index in [1.54, 1.807) is 12.3 Å². The summed E-state index contributed by atoms with van der Waals surface area (Å²) in [6.45, 7) is -0.431. The van der Waals surface area contributed by atoms with Crippen LogP contribution in [0.15, 0.2) is 18.5 Å². The number of aromatic nitrogens is 1. The van der Waals surface area contributed by atoms with Gasteiger partial charge >= 0.3 is 0 Å². The molecule has 2 nitrogen and oxygen atoms in total. The van der Waals surface area contributed by atoms with Gasteiger partial charge in [-0.05, 0) is 18.1 Å². The molecular weight excluding hydrogens is 179 g/mol. The van der Waals surface area contributed by atoms with Crippen LogP contribution in [-0.2, 0) is 0 Å². The number of nitrogens with zero attached hydrogens (tertiary/aromatic N) is 1. The fraction of sp³-hybridized carbons (Fsp3) is 0.375. The predicted octanol–water partition coefficient (Wildman–Crippen LogP) is 2.09. The molecule has 66 valence electrons. The molecule has 1 atom stereocenters. The Bertz CT molecular complexity index is 255. The zero-order valence-electron chi connectivity index (χ0n) is 6.50. The van der Waals surface area contributed by atoms with Gasteiger partial charge in [0, 0.05) is 18.4 Å². The normalized spacial score (nSPS) is 12.9. The Morgan fingerprint density at radius 1 is 1.67 bits per heavy atom. The summed E-state index contributed by atoms with van der Waals surface area (Å²) in [5, 5.41) is 0.499. The van der Waals surface area contributed by atoms with Crippen LogP contribution in [0.2, 0.25) is 5.02 Å². The van der Waals surface area contributed by atoms with Crippen molar-refractivity contribution < 1.29 is 4.39 Å². The number of halogens is 2. The van der Waals surface area contributed by atoms with Gasteiger partial charge < -0.3 is 5.73 Å². The second-order valence-corrected chi connectivity index (χ2v) is 2.89. The van der Waals surface area contributed by atoms with Gasteiger partial charge in [-0.15, -0.1) is 0 Å². The van der Waals surface area contributed by atoms with E-state index in [0.29, 0.717) is 11.4 Å². The molecule has 2 N–H and O–H groups in total. The second kappa shape index (κ2) is 4.38. The van der Waals surface area contributed by atoms with Crippen LogP contribution in [0, 0.1) is 0 Å². The number of alkyl halides is 1. The molecule has 0 amide bonds. The highest BCUT2D eigenvalue weighted by atomic mass is 35.5. The van der Waals surface area contributed by atoms with E-state index in [0.717, 1.165) is 5.56 Å². The molecule has 0 fully saturated rings. The molecule has 1 aromatic rings. The first-order chi connectivity index (χ1) is 5.75. The lowest BCUT2D eigenvalue weighted by molar-refractivity contribution is 0.442. The van der Waals surface area contributed by atoms with E-state index in [1.165, 1.54) is 6.20 Å². The van der Waals surface area contributed by atoms with Gasteiger partial charge in [0.1, 0.15) is 0 Å². The van der Waals surface area contributed by atoms with Crippen molar-refractivity contribution >= 4 is 11.6 Å². The largest absolute Gasteiger partial charge is 0.324 e. The van der Waals surface area contributed by atoms with Crippen LogP contribution in [0.3, 0.4) is 0 Å². The molecule has 0 radical (unpaired) electrons. The maximum atomic E-state index is 11.9. The quantitative estimate of drug-likeness (QED) is 0.789. The number of hydrogen-bond acceptors (Lipinski definition) is 2. The number of rotatable bonds is 3. The van der Waals surface area contributed by atoms with Crippen molar-refractivity contribution in [3.63, 3.8) is 0 Å². The van der Waals surface area contributed by atoms with Crippen molar-refractivity contribution in [3.8, 4) is 0 Å². The minimum Gasteiger partial charge on any atom is -0.324 e. The Hall–Kier alpha value is -0.670. The standard InChI is InChI=1S/C8H10ClFN2/c9-7-5-12-4-2-6(7)8(11)1-3-10/h2,4-5,8H,1,3,11H2/t8-/m1/s1. The van der Waals surface area contributed by atoms with E-state index >= 15 is 0 Å². The average Bonchev–Trinajstić information content (AvgIpc) is 2.05. The Labute approximate surface area is 75.6 Å². The lowest BCUT2D eigenvalue weighted by Gasteiger charge is -2.10. The first kappa shape index (κ1) is 9.42. The average molecular weight is 189 g/mol. The van der Waals surface area contributed by atoms with Crippen molar-refractivity contribution in [1.82, 2.24) is 4.98 Å². The highest BCUT2D eigenvalue weighted by Gasteiger charge is 2.08. The molecule has 0 aliphatic heterocycles. The van der Waals surface area contributed by atoms with Crippen molar-refractivity contribution in [2.45, 2.75) is 12.5 Å². The smallest absolute Gasteiger partial charge is 0.0912 e. The Kier molecular flexibility index (Phi) is 3.44. The molecule has 1 aromatic heterocycles. The van der Waals surface area contributed by atoms with Gasteiger partial charge in [0.15, 0.2) is 0 Å². The van der Waals surface area contributed by atoms with Gasteiger partial charge in [0.2, 0.25) is 0 Å². The highest BCUT2D eigenvalue weighted by molar-refractivity contribution is 6.31. The maximum Gasteiger partial charge on any atom is 0.0912 e. The Balaban J connectivity index is 2.79. The maximum absolute atomic E-state index is 11.9. The molecule has 0 saturated heterocycles. The summed E-state index contributed by atoms with van der Waals surface area (Å²) in [5.74, 6) is 0. The SMILES string of the molecule is N[C@H](CCF)c1ccncc1Cl. The van der Waals surface area contributed by atoms with Gasteiger partial charge in [-0.3, -0.25) is 9.37 Å². The Morgan fingerprint density at radius 2 is 2.42 bits per heavy atom. The molecule has 4 heteroatoms. The number of hydrogen-bond donors (Lipinski definition) is 1. The third kappa shape index (κ3) is 2.16. The molecule has 0 aliphatic rings. The topological polar surface area (TPSA) is 38.9 Å². The predicted molar refractivity (Wildman–Crippen MR) is 46.8 cm³/mol. The zero-order chi connectivity index (χ0) is 8.97. The third-order valence-electron chi connectivity index (χ3n) is 1.62. The van der Waals surface area contributed by atoms with Crippen LogP contribution < -0.4 is 5.73 Å². The summed E-state index contributed by atoms with van der Waals surface area (Å²) < 4.78 is 11.9. The van der Waals surface area contributed by atoms with Crippen LogP contribution in [0.25, 0.3) is 0 Å². The van der Waals surface area contributed by atoms with Crippen LogP contribution in [0.1, 0.15) is 18.0 Å². The summed E-state index contributed by atoms with van der Waals surface area (Å²) in [7, 11) is 0. The summed E-state index contributed by atoms with van der Waals surface area (Å²) in [5.41, 5.74) is 6.41. The summed E-state index contributed by atoms with van der Waals surface area (Å²) >= 11 is 5.79. The lowest BCUT2D eigenvalue weighted by atomic mass is 10.1. The van der Waals surface area contributed by atoms with Crippen LogP contribution in [-0.4, -0.2) is 11.7 Å². The van der Waals surface area contributed by atoms with E-state index in [2.05, 4.69) is 4.98 Å². The minimum absolute atomic E-state index is 0.295. The summed E-state index contributed by atoms with van der Waals surface area (Å²) in [4.78, 5) is 3.81. The van der Waals surface area contributed by atoms with Gasteiger partial charge in [-0.25, -0.2) is 0 Å². The second-order valence-electron chi connectivity index (χ2n) is 2.48. The van der Waals surface area contributed by atoms with Crippen molar-refractivity contribution in [1.29, 1.82) is 0 Å². The number of pyridine rings is 1. The molecule has 12 heavy (non-hydrogen) atoms. The lowest BCUT2D eigenvalue weighted by Crippen LogP contribution is -2.11. The van der Waals surface area contributed by atoms with E-state index in [-0.39, 0.29) is 6.04 Å². The van der Waals surface area contributed by atoms with Crippen molar-refractivity contribution in [2.75, 3.05) is 6.67 Å². The fourth-order valence-corrected chi connectivity index (χ4v) is 1.22. The van der Waals surface area contributed by atoms with Crippen molar-refractivity contribution in [2.24, 2.45) is 5.73 Å². The molecule has 0 aliphatic carbocycles. The third-order valence-corrected chi connectivity index (χ3v) is 1.94. The van der Waals surface area contributed by atoms with Gasteiger partial charge in [-0.2, -0.15) is 0 Å². The molecule has 1 heterocycles. The Morgan fingerprint density at radius 3 is 3.00 bits per heavy atom. The molecule has 0 bridgehead atoms. The molecule has 1 rings (SSSR count). The van der Waals surface area contributed by atoms with E-state index in [1.807, 2.05) is 0 Å². The first-order valence-corrected chi connectivity index (χ1v) is 4.04. The van der Waals surface area contributed by atoms with Gasteiger partial charge in [-0.1, -0.05) is 11.6 Å². The van der Waals surface area contributed by atoms with E-state index < -0.39 is 6.67 Å². The highest BCUT2D eigenvalue weighted by Crippen LogP contribution is 2.21. The molecule has 0 spiro atoms.